The fraction of sp³-hybridized carbons (Fsp3) is 0.739. The van der Waals surface area contributed by atoms with E-state index in [2.05, 4.69) is 96.1 Å². The normalized spacial score (nSPS) is 14.3. The van der Waals surface area contributed by atoms with Gasteiger partial charge in [0.1, 0.15) is 0 Å². The van der Waals surface area contributed by atoms with Crippen LogP contribution in [0.3, 0.4) is 0 Å². The monoisotopic (exact) mass is 316 g/mol. The minimum atomic E-state index is 0.136. The molecule has 0 unspecified atom stereocenters. The Morgan fingerprint density at radius 2 is 0.826 bits per heavy atom. The average molecular weight is 317 g/mol. The molecule has 0 saturated heterocycles. The first-order valence-corrected chi connectivity index (χ1v) is 9.08. The summed E-state index contributed by atoms with van der Waals surface area (Å²) in [5, 5.41) is 0. The Morgan fingerprint density at radius 1 is 0.478 bits per heavy atom. The van der Waals surface area contributed by atoms with E-state index in [1.54, 1.807) is 16.7 Å². The molecule has 1 rings (SSSR count). The van der Waals surface area contributed by atoms with Crippen molar-refractivity contribution in [2.45, 2.75) is 112 Å². The minimum Gasteiger partial charge on any atom is -0.0561 e. The third-order valence-electron chi connectivity index (χ3n) is 4.58. The molecular weight excluding hydrogens is 276 g/mol. The molecule has 1 aromatic rings. The summed E-state index contributed by atoms with van der Waals surface area (Å²) in [7, 11) is 0. The highest BCUT2D eigenvalue weighted by Gasteiger charge is 2.36. The van der Waals surface area contributed by atoms with Gasteiger partial charge in [0, 0.05) is 0 Å². The van der Waals surface area contributed by atoms with Crippen LogP contribution in [-0.4, -0.2) is 0 Å². The zero-order chi connectivity index (χ0) is 18.6. The van der Waals surface area contributed by atoms with Gasteiger partial charge in [0.25, 0.3) is 0 Å². The summed E-state index contributed by atoms with van der Waals surface area (Å²) in [5.41, 5.74) is 8.22. The van der Waals surface area contributed by atoms with Gasteiger partial charge in [-0.3, -0.25) is 0 Å². The molecule has 0 amide bonds. The largest absolute Gasteiger partial charge is 0.0561 e. The van der Waals surface area contributed by atoms with Gasteiger partial charge in [-0.25, -0.2) is 0 Å². The maximum absolute atomic E-state index is 2.47. The molecule has 0 radical (unpaired) electrons. The number of aryl methyl sites for hydroxylation is 1. The molecule has 0 heteroatoms. The van der Waals surface area contributed by atoms with E-state index in [1.165, 1.54) is 11.1 Å². The standard InChI is InChI=1S/C23H40/c1-15-14-16(20(2,3)4)18(22(8,9)10)19(23(11,12)13)17(15)21(5,6)7/h14H,1-13H3. The van der Waals surface area contributed by atoms with E-state index in [4.69, 9.17) is 0 Å². The van der Waals surface area contributed by atoms with E-state index >= 15 is 0 Å². The molecular formula is C23H40. The van der Waals surface area contributed by atoms with E-state index in [-0.39, 0.29) is 21.7 Å². The van der Waals surface area contributed by atoms with Crippen molar-refractivity contribution in [3.8, 4) is 0 Å². The molecule has 0 aliphatic heterocycles. The Kier molecular flexibility index (Phi) is 4.97. The van der Waals surface area contributed by atoms with Crippen molar-refractivity contribution in [3.05, 3.63) is 33.9 Å². The van der Waals surface area contributed by atoms with E-state index in [0.717, 1.165) is 0 Å². The van der Waals surface area contributed by atoms with Crippen LogP contribution in [0, 0.1) is 6.92 Å². The van der Waals surface area contributed by atoms with Crippen molar-refractivity contribution in [2.75, 3.05) is 0 Å². The molecule has 0 spiro atoms. The molecule has 0 saturated carbocycles. The molecule has 23 heavy (non-hydrogen) atoms. The molecule has 0 atom stereocenters. The fourth-order valence-corrected chi connectivity index (χ4v) is 3.90. The van der Waals surface area contributed by atoms with Crippen molar-refractivity contribution in [1.82, 2.24) is 0 Å². The first-order valence-electron chi connectivity index (χ1n) is 9.08. The van der Waals surface area contributed by atoms with Crippen molar-refractivity contribution in [3.63, 3.8) is 0 Å². The summed E-state index contributed by atoms with van der Waals surface area (Å²) in [6, 6.07) is 2.47. The Labute approximate surface area is 146 Å². The van der Waals surface area contributed by atoms with Gasteiger partial charge in [0.15, 0.2) is 0 Å². The number of benzene rings is 1. The molecule has 0 aromatic heterocycles. The smallest absolute Gasteiger partial charge is 0.0126 e. The van der Waals surface area contributed by atoms with Crippen molar-refractivity contribution >= 4 is 0 Å². The molecule has 132 valence electrons. The zero-order valence-corrected chi connectivity index (χ0v) is 18.1. The Morgan fingerprint density at radius 3 is 1.09 bits per heavy atom. The molecule has 0 fully saturated rings. The summed E-state index contributed by atoms with van der Waals surface area (Å²) in [6.07, 6.45) is 0. The Hall–Kier alpha value is -0.780. The van der Waals surface area contributed by atoms with Gasteiger partial charge in [0.2, 0.25) is 0 Å². The molecule has 0 bridgehead atoms. The highest BCUT2D eigenvalue weighted by Crippen LogP contribution is 2.46. The van der Waals surface area contributed by atoms with E-state index in [9.17, 15) is 0 Å². The van der Waals surface area contributed by atoms with Crippen LogP contribution in [0.5, 0.6) is 0 Å². The second-order valence-electron chi connectivity index (χ2n) is 11.4. The Bertz CT molecular complexity index is 573. The summed E-state index contributed by atoms with van der Waals surface area (Å²) in [4.78, 5) is 0. The van der Waals surface area contributed by atoms with Crippen LogP contribution in [0.1, 0.15) is 111 Å². The average Bonchev–Trinajstić information content (AvgIpc) is 2.21. The van der Waals surface area contributed by atoms with E-state index < -0.39 is 0 Å². The van der Waals surface area contributed by atoms with Crippen LogP contribution >= 0.6 is 0 Å². The predicted molar refractivity (Wildman–Crippen MR) is 106 cm³/mol. The van der Waals surface area contributed by atoms with Gasteiger partial charge in [-0.15, -0.1) is 0 Å². The summed E-state index contributed by atoms with van der Waals surface area (Å²) in [6.45, 7) is 30.6. The SMILES string of the molecule is Cc1cc(C(C)(C)C)c(C(C)(C)C)c(C(C)(C)C)c1C(C)(C)C. The van der Waals surface area contributed by atoms with Crippen LogP contribution in [0.2, 0.25) is 0 Å². The summed E-state index contributed by atoms with van der Waals surface area (Å²) < 4.78 is 0. The number of hydrogen-bond donors (Lipinski definition) is 0. The lowest BCUT2D eigenvalue weighted by Crippen LogP contribution is -2.32. The van der Waals surface area contributed by atoms with Crippen LogP contribution in [0.15, 0.2) is 6.07 Å². The quantitative estimate of drug-likeness (QED) is 0.475. The van der Waals surface area contributed by atoms with Crippen molar-refractivity contribution in [1.29, 1.82) is 0 Å². The topological polar surface area (TPSA) is 0 Å². The maximum Gasteiger partial charge on any atom is -0.0126 e. The van der Waals surface area contributed by atoms with Gasteiger partial charge in [-0.05, 0) is 56.4 Å². The van der Waals surface area contributed by atoms with Crippen LogP contribution < -0.4 is 0 Å². The molecule has 0 N–H and O–H groups in total. The number of rotatable bonds is 0. The van der Waals surface area contributed by atoms with Gasteiger partial charge >= 0.3 is 0 Å². The fourth-order valence-electron chi connectivity index (χ4n) is 3.90. The molecule has 0 aliphatic rings. The van der Waals surface area contributed by atoms with E-state index in [0.29, 0.717) is 0 Å². The van der Waals surface area contributed by atoms with Gasteiger partial charge in [0.05, 0.1) is 0 Å². The van der Waals surface area contributed by atoms with Crippen LogP contribution in [0.4, 0.5) is 0 Å². The third kappa shape index (κ3) is 4.20. The summed E-state index contributed by atoms with van der Waals surface area (Å²) in [5.74, 6) is 0. The highest BCUT2D eigenvalue weighted by atomic mass is 14.4. The molecule has 0 nitrogen and oxygen atoms in total. The zero-order valence-electron chi connectivity index (χ0n) is 18.1. The minimum absolute atomic E-state index is 0.136. The van der Waals surface area contributed by atoms with Crippen LogP contribution in [0.25, 0.3) is 0 Å². The molecule has 0 aliphatic carbocycles. The number of hydrogen-bond acceptors (Lipinski definition) is 0. The maximum atomic E-state index is 2.47. The molecule has 0 heterocycles. The van der Waals surface area contributed by atoms with Gasteiger partial charge in [-0.2, -0.15) is 0 Å². The second kappa shape index (κ2) is 5.64. The van der Waals surface area contributed by atoms with Gasteiger partial charge < -0.3 is 0 Å². The second-order valence-corrected chi connectivity index (χ2v) is 11.4. The lowest BCUT2D eigenvalue weighted by Gasteiger charge is -2.41. The van der Waals surface area contributed by atoms with Crippen molar-refractivity contribution < 1.29 is 0 Å². The predicted octanol–water partition coefficient (Wildman–Crippen LogP) is 7.19. The van der Waals surface area contributed by atoms with E-state index in [1.807, 2.05) is 0 Å². The lowest BCUT2D eigenvalue weighted by molar-refractivity contribution is 0.475. The molecule has 1 aromatic carbocycles. The first kappa shape index (κ1) is 20.3. The summed E-state index contributed by atoms with van der Waals surface area (Å²) >= 11 is 0. The van der Waals surface area contributed by atoms with Gasteiger partial charge in [-0.1, -0.05) is 89.2 Å². The lowest BCUT2D eigenvalue weighted by atomic mass is 9.63. The first-order chi connectivity index (χ1) is 9.88. The van der Waals surface area contributed by atoms with Crippen molar-refractivity contribution in [2.24, 2.45) is 0 Å². The van der Waals surface area contributed by atoms with Crippen LogP contribution in [-0.2, 0) is 21.7 Å². The highest BCUT2D eigenvalue weighted by molar-refractivity contribution is 5.56. The third-order valence-corrected chi connectivity index (χ3v) is 4.58. The Balaban J connectivity index is 4.18.